The van der Waals surface area contributed by atoms with Gasteiger partial charge in [-0.2, -0.15) is 9.97 Å². The Bertz CT molecular complexity index is 274. The van der Waals surface area contributed by atoms with Gasteiger partial charge in [-0.05, 0) is 0 Å². The molecule has 0 fully saturated rings. The van der Waals surface area contributed by atoms with Crippen molar-refractivity contribution in [3.63, 3.8) is 0 Å². The van der Waals surface area contributed by atoms with Crippen LogP contribution in [0.1, 0.15) is 0 Å². The van der Waals surface area contributed by atoms with E-state index >= 15 is 0 Å². The van der Waals surface area contributed by atoms with E-state index in [-0.39, 0.29) is 11.1 Å². The van der Waals surface area contributed by atoms with Crippen LogP contribution in [0.3, 0.4) is 0 Å². The second kappa shape index (κ2) is 2.79. The van der Waals surface area contributed by atoms with Crippen LogP contribution in [0, 0.1) is 0 Å². The summed E-state index contributed by atoms with van der Waals surface area (Å²) >= 11 is 5.60. The van der Waals surface area contributed by atoms with Crippen LogP contribution in [0.15, 0.2) is 0 Å². The highest BCUT2D eigenvalue weighted by molar-refractivity contribution is 6.32. The van der Waals surface area contributed by atoms with Crippen LogP contribution in [-0.4, -0.2) is 17.0 Å². The number of rotatable bonds is 1. The third-order valence-electron chi connectivity index (χ3n) is 1.15. The molecule has 0 aliphatic carbocycles. The van der Waals surface area contributed by atoms with Crippen molar-refractivity contribution in [2.24, 2.45) is 0 Å². The van der Waals surface area contributed by atoms with Crippen LogP contribution >= 0.6 is 11.6 Å². The number of nitrogen functional groups attached to an aromatic ring is 2. The Labute approximate surface area is 68.8 Å². The normalized spacial score (nSPS) is 9.64. The predicted octanol–water partition coefficient (Wildman–Crippen LogP) is 0.336. The molecule has 0 radical (unpaired) electrons. The number of nitrogens with zero attached hydrogens (tertiary/aromatic N) is 2. The molecule has 0 spiro atoms. The van der Waals surface area contributed by atoms with E-state index in [9.17, 15) is 0 Å². The summed E-state index contributed by atoms with van der Waals surface area (Å²) in [4.78, 5) is 7.45. The van der Waals surface area contributed by atoms with Gasteiger partial charge in [-0.3, -0.25) is 0 Å². The number of hydrogen-bond acceptors (Lipinski definition) is 5. The third-order valence-corrected chi connectivity index (χ3v) is 1.44. The van der Waals surface area contributed by atoms with E-state index < -0.39 is 0 Å². The lowest BCUT2D eigenvalue weighted by atomic mass is 10.5. The number of halogens is 1. The molecule has 0 aliphatic heterocycles. The molecule has 5 N–H and O–H groups in total. The van der Waals surface area contributed by atoms with Crippen molar-refractivity contribution < 1.29 is 0 Å². The lowest BCUT2D eigenvalue weighted by Gasteiger charge is -2.04. The largest absolute Gasteiger partial charge is 0.393 e. The van der Waals surface area contributed by atoms with E-state index in [0.717, 1.165) is 0 Å². The highest BCUT2D eigenvalue weighted by Gasteiger charge is 2.05. The van der Waals surface area contributed by atoms with Gasteiger partial charge < -0.3 is 16.8 Å². The molecule has 0 saturated heterocycles. The first kappa shape index (κ1) is 7.87. The molecule has 0 bridgehead atoms. The molecular weight excluding hydrogens is 166 g/mol. The van der Waals surface area contributed by atoms with Crippen LogP contribution in [-0.2, 0) is 0 Å². The van der Waals surface area contributed by atoms with Crippen LogP contribution in [0.4, 0.5) is 17.5 Å². The maximum atomic E-state index is 5.60. The summed E-state index contributed by atoms with van der Waals surface area (Å²) in [7, 11) is 1.68. The van der Waals surface area contributed by atoms with E-state index in [0.29, 0.717) is 11.5 Å². The molecular formula is C5H8ClN5. The average Bonchev–Trinajstić information content (AvgIpc) is 1.96. The summed E-state index contributed by atoms with van der Waals surface area (Å²) in [6, 6.07) is 0. The quantitative estimate of drug-likeness (QED) is 0.533. The van der Waals surface area contributed by atoms with Gasteiger partial charge in [0.2, 0.25) is 5.95 Å². The molecule has 11 heavy (non-hydrogen) atoms. The van der Waals surface area contributed by atoms with Crippen LogP contribution in [0.5, 0.6) is 0 Å². The molecule has 1 aromatic rings. The second-order valence-electron chi connectivity index (χ2n) is 1.88. The monoisotopic (exact) mass is 173 g/mol. The number of nitrogens with one attached hydrogen (secondary N) is 1. The van der Waals surface area contributed by atoms with Gasteiger partial charge in [0.15, 0.2) is 11.0 Å². The van der Waals surface area contributed by atoms with E-state index in [1.807, 2.05) is 0 Å². The van der Waals surface area contributed by atoms with Crippen LogP contribution in [0.2, 0.25) is 5.15 Å². The van der Waals surface area contributed by atoms with Crippen molar-refractivity contribution >= 4 is 29.1 Å². The molecule has 1 heterocycles. The first-order valence-corrected chi connectivity index (χ1v) is 3.29. The van der Waals surface area contributed by atoms with E-state index in [4.69, 9.17) is 23.1 Å². The van der Waals surface area contributed by atoms with Crippen molar-refractivity contribution in [1.82, 2.24) is 9.97 Å². The molecule has 1 rings (SSSR count). The summed E-state index contributed by atoms with van der Waals surface area (Å²) in [5.74, 6) is 0.552. The highest BCUT2D eigenvalue weighted by Crippen LogP contribution is 2.23. The fourth-order valence-electron chi connectivity index (χ4n) is 0.649. The van der Waals surface area contributed by atoms with E-state index in [1.165, 1.54) is 0 Å². The smallest absolute Gasteiger partial charge is 0.223 e. The van der Waals surface area contributed by atoms with Gasteiger partial charge in [0.05, 0.1) is 0 Å². The SMILES string of the molecule is CNc1nc(N)nc(Cl)c1N. The number of anilines is 3. The van der Waals surface area contributed by atoms with Gasteiger partial charge in [-0.1, -0.05) is 11.6 Å². The van der Waals surface area contributed by atoms with Gasteiger partial charge in [-0.25, -0.2) is 0 Å². The van der Waals surface area contributed by atoms with E-state index in [1.54, 1.807) is 7.05 Å². The van der Waals surface area contributed by atoms with E-state index in [2.05, 4.69) is 15.3 Å². The summed E-state index contributed by atoms with van der Waals surface area (Å²) in [6.45, 7) is 0. The molecule has 0 unspecified atom stereocenters. The lowest BCUT2D eigenvalue weighted by Crippen LogP contribution is -2.04. The average molecular weight is 174 g/mol. The minimum atomic E-state index is 0.105. The first-order valence-electron chi connectivity index (χ1n) is 2.91. The topological polar surface area (TPSA) is 89.8 Å². The van der Waals surface area contributed by atoms with Crippen molar-refractivity contribution in [2.45, 2.75) is 0 Å². The zero-order chi connectivity index (χ0) is 8.43. The zero-order valence-electron chi connectivity index (χ0n) is 5.93. The van der Waals surface area contributed by atoms with Crippen molar-refractivity contribution in [1.29, 1.82) is 0 Å². The molecule has 5 nitrogen and oxygen atoms in total. The Balaban J connectivity index is 3.24. The maximum Gasteiger partial charge on any atom is 0.223 e. The molecule has 0 saturated carbocycles. The molecule has 0 amide bonds. The molecule has 0 atom stereocenters. The van der Waals surface area contributed by atoms with Crippen molar-refractivity contribution in [3.05, 3.63) is 5.15 Å². The van der Waals surface area contributed by atoms with Gasteiger partial charge in [0.25, 0.3) is 0 Å². The minimum absolute atomic E-state index is 0.105. The lowest BCUT2D eigenvalue weighted by molar-refractivity contribution is 1.18. The maximum absolute atomic E-state index is 5.60. The van der Waals surface area contributed by atoms with Crippen molar-refractivity contribution in [2.75, 3.05) is 23.8 Å². The Kier molecular flexibility index (Phi) is 2.00. The molecule has 0 aromatic carbocycles. The third kappa shape index (κ3) is 1.43. The minimum Gasteiger partial charge on any atom is -0.393 e. The Morgan fingerprint density at radius 3 is 2.55 bits per heavy atom. The van der Waals surface area contributed by atoms with Crippen molar-refractivity contribution in [3.8, 4) is 0 Å². The van der Waals surface area contributed by atoms with Gasteiger partial charge >= 0.3 is 0 Å². The van der Waals surface area contributed by atoms with Crippen LogP contribution in [0.25, 0.3) is 0 Å². The fraction of sp³-hybridized carbons (Fsp3) is 0.200. The van der Waals surface area contributed by atoms with Gasteiger partial charge in [0, 0.05) is 7.05 Å². The Hall–Kier alpha value is -1.23. The van der Waals surface area contributed by atoms with Gasteiger partial charge in [0.1, 0.15) is 5.69 Å². The van der Waals surface area contributed by atoms with Gasteiger partial charge in [-0.15, -0.1) is 0 Å². The molecule has 60 valence electrons. The standard InChI is InChI=1S/C5H8ClN5/c1-9-4-2(7)3(6)10-5(8)11-4/h7H2,1H3,(H3,8,9,10,11). The first-order chi connectivity index (χ1) is 5.15. The Morgan fingerprint density at radius 1 is 1.36 bits per heavy atom. The summed E-state index contributed by atoms with van der Waals surface area (Å²) in [5, 5.41) is 2.90. The zero-order valence-corrected chi connectivity index (χ0v) is 6.68. The highest BCUT2D eigenvalue weighted by atomic mass is 35.5. The second-order valence-corrected chi connectivity index (χ2v) is 2.24. The number of hydrogen-bond donors (Lipinski definition) is 3. The summed E-state index contributed by atoms with van der Waals surface area (Å²) < 4.78 is 0. The summed E-state index contributed by atoms with van der Waals surface area (Å²) in [6.07, 6.45) is 0. The molecule has 0 aliphatic rings. The van der Waals surface area contributed by atoms with Crippen LogP contribution < -0.4 is 16.8 Å². The number of aromatic nitrogens is 2. The fourth-order valence-corrected chi connectivity index (χ4v) is 0.825. The number of nitrogens with two attached hydrogens (primary N) is 2. The summed E-state index contributed by atoms with van der Waals surface area (Å²) in [5.41, 5.74) is 11.1. The predicted molar refractivity (Wildman–Crippen MR) is 45.4 cm³/mol. The molecule has 6 heteroatoms. The molecule has 1 aromatic heterocycles. The Morgan fingerprint density at radius 2 is 2.00 bits per heavy atom.